The maximum absolute atomic E-state index is 12.3. The molecule has 0 aromatic heterocycles. The van der Waals surface area contributed by atoms with Crippen molar-refractivity contribution in [3.8, 4) is 0 Å². The van der Waals surface area contributed by atoms with Gasteiger partial charge in [0.2, 0.25) is 5.91 Å². The first-order valence-electron chi connectivity index (χ1n) is 5.09. The molecule has 2 unspecified atom stereocenters. The fourth-order valence-corrected chi connectivity index (χ4v) is 2.25. The number of carbonyl (C=O) groups excluding carboxylic acids is 1. The molecule has 0 spiro atoms. The second-order valence-electron chi connectivity index (χ2n) is 4.88. The maximum atomic E-state index is 12.3. The van der Waals surface area contributed by atoms with E-state index in [4.69, 9.17) is 29.0 Å². The number of rotatable bonds is 1. The molecule has 0 bridgehead atoms. The molecule has 2 atom stereocenters. The first kappa shape index (κ1) is 15.0. The molecule has 1 amide bonds. The van der Waals surface area contributed by atoms with Gasteiger partial charge < -0.3 is 0 Å². The number of hydrogen-bond donors (Lipinski definition) is 1. The maximum Gasteiger partial charge on any atom is 0.246 e. The minimum Gasteiger partial charge on any atom is -0.275 e. The van der Waals surface area contributed by atoms with E-state index in [1.54, 1.807) is 18.2 Å². The summed E-state index contributed by atoms with van der Waals surface area (Å²) in [6.07, 6.45) is 5.02. The standard InChI is InChI=1S/C11H15BrCl2N2O/c1-10(2,3)16(15)9(17)7-5-4-6-8(13)11(7,12)14/h4-7H,15H2,1-3H3. The number of carbonyl (C=O) groups is 1. The third kappa shape index (κ3) is 3.05. The Balaban J connectivity index is 2.99. The fraction of sp³-hybridized carbons (Fsp3) is 0.545. The molecule has 17 heavy (non-hydrogen) atoms. The molecule has 0 aliphatic heterocycles. The Labute approximate surface area is 120 Å². The molecular formula is C11H15BrCl2N2O. The lowest BCUT2D eigenvalue weighted by Crippen LogP contribution is -2.55. The molecule has 0 aromatic rings. The first-order chi connectivity index (χ1) is 7.58. The number of nitrogens with zero attached hydrogens (tertiary/aromatic N) is 1. The van der Waals surface area contributed by atoms with Crippen LogP contribution in [0.1, 0.15) is 20.8 Å². The van der Waals surface area contributed by atoms with Gasteiger partial charge in [-0.05, 0) is 26.8 Å². The smallest absolute Gasteiger partial charge is 0.246 e. The molecular weight excluding hydrogens is 327 g/mol. The van der Waals surface area contributed by atoms with Gasteiger partial charge in [0.1, 0.15) is 3.78 Å². The third-order valence-electron chi connectivity index (χ3n) is 2.48. The van der Waals surface area contributed by atoms with E-state index in [1.807, 2.05) is 20.8 Å². The summed E-state index contributed by atoms with van der Waals surface area (Å²) in [6, 6.07) is 0. The highest BCUT2D eigenvalue weighted by atomic mass is 79.9. The van der Waals surface area contributed by atoms with Gasteiger partial charge in [-0.3, -0.25) is 9.80 Å². The van der Waals surface area contributed by atoms with Gasteiger partial charge in [-0.1, -0.05) is 51.3 Å². The highest BCUT2D eigenvalue weighted by Gasteiger charge is 2.44. The Morgan fingerprint density at radius 1 is 1.59 bits per heavy atom. The number of hydrazine groups is 1. The molecule has 0 saturated heterocycles. The van der Waals surface area contributed by atoms with E-state index in [0.717, 1.165) is 0 Å². The first-order valence-corrected chi connectivity index (χ1v) is 6.64. The molecule has 6 heteroatoms. The van der Waals surface area contributed by atoms with E-state index in [2.05, 4.69) is 15.9 Å². The van der Waals surface area contributed by atoms with Gasteiger partial charge in [-0.25, -0.2) is 5.84 Å². The van der Waals surface area contributed by atoms with Crippen molar-refractivity contribution in [1.29, 1.82) is 0 Å². The number of halogens is 3. The topological polar surface area (TPSA) is 46.3 Å². The van der Waals surface area contributed by atoms with Gasteiger partial charge in [0.05, 0.1) is 16.5 Å². The molecule has 3 nitrogen and oxygen atoms in total. The molecule has 0 heterocycles. The summed E-state index contributed by atoms with van der Waals surface area (Å²) in [7, 11) is 0. The molecule has 2 N–H and O–H groups in total. The van der Waals surface area contributed by atoms with Crippen molar-refractivity contribution in [1.82, 2.24) is 5.01 Å². The van der Waals surface area contributed by atoms with E-state index in [0.29, 0.717) is 5.03 Å². The predicted molar refractivity (Wildman–Crippen MR) is 74.9 cm³/mol. The van der Waals surface area contributed by atoms with Crippen LogP contribution in [0.15, 0.2) is 23.3 Å². The van der Waals surface area contributed by atoms with Crippen molar-refractivity contribution in [2.45, 2.75) is 30.1 Å². The van der Waals surface area contributed by atoms with Crippen LogP contribution in [0.3, 0.4) is 0 Å². The molecule has 1 rings (SSSR count). The van der Waals surface area contributed by atoms with Crippen molar-refractivity contribution < 1.29 is 4.79 Å². The molecule has 0 saturated carbocycles. The van der Waals surface area contributed by atoms with E-state index < -0.39 is 15.2 Å². The lowest BCUT2D eigenvalue weighted by Gasteiger charge is -2.37. The molecule has 1 aliphatic carbocycles. The minimum absolute atomic E-state index is 0.285. The lowest BCUT2D eigenvalue weighted by atomic mass is 9.96. The fourth-order valence-electron chi connectivity index (χ4n) is 1.35. The van der Waals surface area contributed by atoms with Crippen LogP contribution in [0.2, 0.25) is 0 Å². The molecule has 0 aromatic carbocycles. The zero-order chi connectivity index (χ0) is 13.4. The molecule has 0 fully saturated rings. The summed E-state index contributed by atoms with van der Waals surface area (Å²) < 4.78 is -1.12. The summed E-state index contributed by atoms with van der Waals surface area (Å²) in [4.78, 5) is 12.3. The van der Waals surface area contributed by atoms with Gasteiger partial charge in [0, 0.05) is 0 Å². The van der Waals surface area contributed by atoms with Crippen LogP contribution in [0, 0.1) is 5.92 Å². The molecule has 0 radical (unpaired) electrons. The Hall–Kier alpha value is -0.0300. The summed E-state index contributed by atoms with van der Waals surface area (Å²) in [5.41, 5.74) is -0.474. The van der Waals surface area contributed by atoms with Crippen LogP contribution in [-0.4, -0.2) is 20.2 Å². The Morgan fingerprint density at radius 3 is 2.59 bits per heavy atom. The summed E-state index contributed by atoms with van der Waals surface area (Å²) in [5.74, 6) is 4.88. The van der Waals surface area contributed by atoms with Crippen molar-refractivity contribution in [2.24, 2.45) is 11.8 Å². The Morgan fingerprint density at radius 2 is 2.12 bits per heavy atom. The Kier molecular flexibility index (Phi) is 4.35. The number of amides is 1. The van der Waals surface area contributed by atoms with E-state index >= 15 is 0 Å². The summed E-state index contributed by atoms with van der Waals surface area (Å²) >= 11 is 15.5. The quantitative estimate of drug-likeness (QED) is 0.345. The monoisotopic (exact) mass is 340 g/mol. The molecule has 96 valence electrons. The van der Waals surface area contributed by atoms with Gasteiger partial charge in [0.25, 0.3) is 0 Å². The summed E-state index contributed by atoms with van der Waals surface area (Å²) in [5, 5.41) is 1.54. The average Bonchev–Trinajstić information content (AvgIpc) is 2.18. The second kappa shape index (κ2) is 4.92. The number of nitrogens with two attached hydrogens (primary N) is 1. The van der Waals surface area contributed by atoms with Crippen LogP contribution in [0.4, 0.5) is 0 Å². The Bertz CT molecular complexity index is 385. The van der Waals surface area contributed by atoms with Gasteiger partial charge in [-0.15, -0.1) is 0 Å². The van der Waals surface area contributed by atoms with Crippen LogP contribution in [-0.2, 0) is 4.79 Å². The minimum atomic E-state index is -1.12. The number of allylic oxidation sites excluding steroid dienone is 3. The van der Waals surface area contributed by atoms with Crippen molar-refractivity contribution in [2.75, 3.05) is 0 Å². The predicted octanol–water partition coefficient (Wildman–Crippen LogP) is 3.13. The zero-order valence-corrected chi connectivity index (χ0v) is 13.0. The SMILES string of the molecule is CC(C)(C)N(N)C(=O)C1C=CC=C(Cl)C1(Cl)Br. The van der Waals surface area contributed by atoms with Gasteiger partial charge >= 0.3 is 0 Å². The zero-order valence-electron chi connectivity index (χ0n) is 9.88. The largest absolute Gasteiger partial charge is 0.275 e. The van der Waals surface area contributed by atoms with E-state index in [-0.39, 0.29) is 5.91 Å². The van der Waals surface area contributed by atoms with Crippen LogP contribution < -0.4 is 5.84 Å². The van der Waals surface area contributed by atoms with Crippen LogP contribution >= 0.6 is 39.1 Å². The van der Waals surface area contributed by atoms with Crippen LogP contribution in [0.25, 0.3) is 0 Å². The highest BCUT2D eigenvalue weighted by Crippen LogP contribution is 2.45. The van der Waals surface area contributed by atoms with E-state index in [1.165, 1.54) is 5.01 Å². The van der Waals surface area contributed by atoms with Crippen molar-refractivity contribution in [3.63, 3.8) is 0 Å². The average molecular weight is 342 g/mol. The van der Waals surface area contributed by atoms with Gasteiger partial charge in [0.15, 0.2) is 0 Å². The van der Waals surface area contributed by atoms with Gasteiger partial charge in [-0.2, -0.15) is 0 Å². The van der Waals surface area contributed by atoms with Crippen molar-refractivity contribution in [3.05, 3.63) is 23.3 Å². The third-order valence-corrected chi connectivity index (χ3v) is 4.59. The van der Waals surface area contributed by atoms with Crippen LogP contribution in [0.5, 0.6) is 0 Å². The van der Waals surface area contributed by atoms with E-state index in [9.17, 15) is 4.79 Å². The summed E-state index contributed by atoms with van der Waals surface area (Å²) in [6.45, 7) is 5.54. The molecule has 1 aliphatic rings. The number of hydrogen-bond acceptors (Lipinski definition) is 2. The normalized spacial score (nSPS) is 28.9. The highest BCUT2D eigenvalue weighted by molar-refractivity contribution is 9.10. The lowest BCUT2D eigenvalue weighted by molar-refractivity contribution is -0.139. The second-order valence-corrected chi connectivity index (χ2v) is 7.59. The number of alkyl halides is 2. The van der Waals surface area contributed by atoms with Crippen molar-refractivity contribution >= 4 is 45.0 Å².